The van der Waals surface area contributed by atoms with Gasteiger partial charge in [0.2, 0.25) is 0 Å². The average Bonchev–Trinajstić information content (AvgIpc) is 2.36. The van der Waals surface area contributed by atoms with Crippen molar-refractivity contribution < 1.29 is 9.53 Å². The van der Waals surface area contributed by atoms with Gasteiger partial charge in [-0.05, 0) is 26.0 Å². The van der Waals surface area contributed by atoms with Gasteiger partial charge in [0.1, 0.15) is 5.69 Å². The van der Waals surface area contributed by atoms with Crippen molar-refractivity contribution >= 4 is 11.6 Å². The molecule has 0 spiro atoms. The number of nitrogen functional groups attached to an aromatic ring is 1. The Bertz CT molecular complexity index is 370. The van der Waals surface area contributed by atoms with Gasteiger partial charge in [0.15, 0.2) is 0 Å². The molecule has 0 bridgehead atoms. The Morgan fingerprint density at radius 3 is 3.06 bits per heavy atom. The molecule has 0 aliphatic carbocycles. The van der Waals surface area contributed by atoms with Crippen LogP contribution in [0.1, 0.15) is 24.3 Å². The molecule has 0 fully saturated rings. The van der Waals surface area contributed by atoms with E-state index in [2.05, 4.69) is 15.7 Å². The molecule has 0 radical (unpaired) electrons. The summed E-state index contributed by atoms with van der Waals surface area (Å²) >= 11 is 0. The Morgan fingerprint density at radius 2 is 2.41 bits per heavy atom. The summed E-state index contributed by atoms with van der Waals surface area (Å²) in [4.78, 5) is 15.7. The lowest BCUT2D eigenvalue weighted by atomic mass is 10.3. The maximum absolute atomic E-state index is 11.7. The van der Waals surface area contributed by atoms with Crippen molar-refractivity contribution in [2.24, 2.45) is 5.84 Å². The number of amides is 1. The van der Waals surface area contributed by atoms with Gasteiger partial charge in [-0.3, -0.25) is 15.6 Å². The second-order valence-corrected chi connectivity index (χ2v) is 3.55. The van der Waals surface area contributed by atoms with E-state index in [1.165, 1.54) is 6.20 Å². The van der Waals surface area contributed by atoms with Crippen molar-refractivity contribution in [3.05, 3.63) is 24.0 Å². The molecule has 0 saturated carbocycles. The molecule has 1 unspecified atom stereocenters. The molecule has 1 rings (SSSR count). The third kappa shape index (κ3) is 4.38. The largest absolute Gasteiger partial charge is 0.377 e. The number of carbonyl (C=O) groups excluding carboxylic acids is 1. The second-order valence-electron chi connectivity index (χ2n) is 3.55. The highest BCUT2D eigenvalue weighted by molar-refractivity contribution is 5.93. The van der Waals surface area contributed by atoms with E-state index in [4.69, 9.17) is 10.6 Å². The third-order valence-corrected chi connectivity index (χ3v) is 2.16. The minimum absolute atomic E-state index is 0.0141. The molecule has 6 heteroatoms. The van der Waals surface area contributed by atoms with Crippen LogP contribution >= 0.6 is 0 Å². The minimum Gasteiger partial charge on any atom is -0.377 e. The van der Waals surface area contributed by atoms with Crippen LogP contribution in [0.25, 0.3) is 0 Å². The third-order valence-electron chi connectivity index (χ3n) is 2.16. The molecule has 94 valence electrons. The van der Waals surface area contributed by atoms with E-state index in [-0.39, 0.29) is 12.0 Å². The Kier molecular flexibility index (Phi) is 5.38. The first-order valence-corrected chi connectivity index (χ1v) is 5.49. The van der Waals surface area contributed by atoms with E-state index in [0.29, 0.717) is 24.5 Å². The molecule has 0 saturated heterocycles. The van der Waals surface area contributed by atoms with Gasteiger partial charge in [0, 0.05) is 19.3 Å². The Labute approximate surface area is 101 Å². The van der Waals surface area contributed by atoms with Crippen LogP contribution in [0.2, 0.25) is 0 Å². The van der Waals surface area contributed by atoms with E-state index in [9.17, 15) is 4.79 Å². The van der Waals surface area contributed by atoms with Crippen molar-refractivity contribution in [1.29, 1.82) is 0 Å². The van der Waals surface area contributed by atoms with E-state index < -0.39 is 0 Å². The van der Waals surface area contributed by atoms with Gasteiger partial charge in [-0.2, -0.15) is 0 Å². The number of anilines is 1. The van der Waals surface area contributed by atoms with Crippen LogP contribution in [0, 0.1) is 0 Å². The van der Waals surface area contributed by atoms with Crippen LogP contribution in [-0.4, -0.2) is 30.1 Å². The smallest absolute Gasteiger partial charge is 0.270 e. The molecular weight excluding hydrogens is 220 g/mol. The number of nitrogens with one attached hydrogen (secondary N) is 2. The van der Waals surface area contributed by atoms with Crippen LogP contribution in [0.4, 0.5) is 5.69 Å². The number of hydrogen-bond donors (Lipinski definition) is 3. The first kappa shape index (κ1) is 13.4. The number of pyridine rings is 1. The number of carbonyl (C=O) groups is 1. The Hall–Kier alpha value is -1.66. The van der Waals surface area contributed by atoms with Crippen molar-refractivity contribution in [2.45, 2.75) is 20.0 Å². The first-order chi connectivity index (χ1) is 8.17. The Balaban J connectivity index is 2.51. The molecule has 0 aliphatic rings. The molecule has 1 heterocycles. The SMILES string of the molecule is CCOC(C)CNC(=O)c1cc(NN)ccn1. The van der Waals surface area contributed by atoms with Gasteiger partial charge in [-0.1, -0.05) is 0 Å². The summed E-state index contributed by atoms with van der Waals surface area (Å²) in [6.45, 7) is 4.89. The van der Waals surface area contributed by atoms with E-state index in [1.807, 2.05) is 13.8 Å². The maximum atomic E-state index is 11.7. The Morgan fingerprint density at radius 1 is 1.65 bits per heavy atom. The van der Waals surface area contributed by atoms with Crippen LogP contribution in [0.3, 0.4) is 0 Å². The summed E-state index contributed by atoms with van der Waals surface area (Å²) in [6.07, 6.45) is 1.51. The van der Waals surface area contributed by atoms with Gasteiger partial charge in [0.05, 0.1) is 11.8 Å². The number of aromatic nitrogens is 1. The van der Waals surface area contributed by atoms with Crippen molar-refractivity contribution in [1.82, 2.24) is 10.3 Å². The summed E-state index contributed by atoms with van der Waals surface area (Å²) in [5.74, 6) is 5.01. The summed E-state index contributed by atoms with van der Waals surface area (Å²) < 4.78 is 5.31. The van der Waals surface area contributed by atoms with E-state index in [0.717, 1.165) is 0 Å². The predicted octanol–water partition coefficient (Wildman–Crippen LogP) is 0.522. The average molecular weight is 238 g/mol. The fraction of sp³-hybridized carbons (Fsp3) is 0.455. The zero-order valence-electron chi connectivity index (χ0n) is 10.1. The van der Waals surface area contributed by atoms with Gasteiger partial charge in [0.25, 0.3) is 5.91 Å². The highest BCUT2D eigenvalue weighted by Gasteiger charge is 2.09. The van der Waals surface area contributed by atoms with Gasteiger partial charge < -0.3 is 15.5 Å². The quantitative estimate of drug-likeness (QED) is 0.496. The highest BCUT2D eigenvalue weighted by atomic mass is 16.5. The first-order valence-electron chi connectivity index (χ1n) is 5.49. The molecule has 0 aliphatic heterocycles. The summed E-state index contributed by atoms with van der Waals surface area (Å²) in [5.41, 5.74) is 3.43. The monoisotopic (exact) mass is 238 g/mol. The lowest BCUT2D eigenvalue weighted by Crippen LogP contribution is -2.32. The second kappa shape index (κ2) is 6.82. The van der Waals surface area contributed by atoms with Gasteiger partial charge >= 0.3 is 0 Å². The minimum atomic E-state index is -0.242. The van der Waals surface area contributed by atoms with Crippen molar-refractivity contribution in [3.8, 4) is 0 Å². The highest BCUT2D eigenvalue weighted by Crippen LogP contribution is 2.05. The predicted molar refractivity (Wildman–Crippen MR) is 65.5 cm³/mol. The van der Waals surface area contributed by atoms with Gasteiger partial charge in [-0.15, -0.1) is 0 Å². The zero-order valence-corrected chi connectivity index (χ0v) is 10.1. The van der Waals surface area contributed by atoms with Crippen LogP contribution in [-0.2, 0) is 4.74 Å². The van der Waals surface area contributed by atoms with Crippen molar-refractivity contribution in [3.63, 3.8) is 0 Å². The van der Waals surface area contributed by atoms with Crippen molar-refractivity contribution in [2.75, 3.05) is 18.6 Å². The zero-order chi connectivity index (χ0) is 12.7. The lowest BCUT2D eigenvalue weighted by molar-refractivity contribution is 0.0693. The van der Waals surface area contributed by atoms with Crippen LogP contribution < -0.4 is 16.6 Å². The maximum Gasteiger partial charge on any atom is 0.270 e. The topological polar surface area (TPSA) is 89.3 Å². The number of hydrazine groups is 1. The molecule has 1 amide bonds. The summed E-state index contributed by atoms with van der Waals surface area (Å²) in [7, 11) is 0. The molecule has 1 aromatic heterocycles. The fourth-order valence-corrected chi connectivity index (χ4v) is 1.31. The number of rotatable bonds is 6. The number of ether oxygens (including phenoxy) is 1. The molecule has 17 heavy (non-hydrogen) atoms. The van der Waals surface area contributed by atoms with Crippen LogP contribution in [0.15, 0.2) is 18.3 Å². The summed E-state index contributed by atoms with van der Waals surface area (Å²) in [5, 5.41) is 2.74. The molecule has 0 aromatic carbocycles. The summed E-state index contributed by atoms with van der Waals surface area (Å²) in [6, 6.07) is 3.26. The lowest BCUT2D eigenvalue weighted by Gasteiger charge is -2.12. The molecule has 1 atom stereocenters. The molecule has 6 nitrogen and oxygen atoms in total. The normalized spacial score (nSPS) is 11.9. The number of nitrogens with zero attached hydrogens (tertiary/aromatic N) is 1. The fourth-order valence-electron chi connectivity index (χ4n) is 1.31. The number of hydrogen-bond acceptors (Lipinski definition) is 5. The van der Waals surface area contributed by atoms with Crippen LogP contribution in [0.5, 0.6) is 0 Å². The van der Waals surface area contributed by atoms with E-state index in [1.54, 1.807) is 12.1 Å². The molecule has 1 aromatic rings. The molecular formula is C11H18N4O2. The molecule has 4 N–H and O–H groups in total. The van der Waals surface area contributed by atoms with Gasteiger partial charge in [-0.25, -0.2) is 0 Å². The number of nitrogens with two attached hydrogens (primary N) is 1. The van der Waals surface area contributed by atoms with E-state index >= 15 is 0 Å². The standard InChI is InChI=1S/C11H18N4O2/c1-3-17-8(2)7-14-11(16)10-6-9(15-12)4-5-13-10/h4-6,8H,3,7,12H2,1-2H3,(H,13,15)(H,14,16).